The smallest absolute Gasteiger partial charge is 0.330 e. The third-order valence-corrected chi connectivity index (χ3v) is 4.86. The van der Waals surface area contributed by atoms with Crippen LogP contribution in [0.4, 0.5) is 0 Å². The molecule has 0 aliphatic rings. The molecule has 0 aromatic carbocycles. The Morgan fingerprint density at radius 1 is 0.913 bits per heavy atom. The molecular formula is C20H40NO2+. The van der Waals surface area contributed by atoms with E-state index in [9.17, 15) is 4.79 Å². The highest BCUT2D eigenvalue weighted by Gasteiger charge is 2.18. The van der Waals surface area contributed by atoms with Crippen molar-refractivity contribution in [1.82, 2.24) is 0 Å². The molecule has 0 aliphatic heterocycles. The number of esters is 1. The number of carbonyl (C=O) groups excluding carboxylic acids is 1. The zero-order valence-corrected chi connectivity index (χ0v) is 15.9. The van der Waals surface area contributed by atoms with Gasteiger partial charge in [-0.3, -0.25) is 0 Å². The number of carbonyl (C=O) groups is 1. The van der Waals surface area contributed by atoms with E-state index in [1.165, 1.54) is 76.8 Å². The predicted molar refractivity (Wildman–Crippen MR) is 99.5 cm³/mol. The summed E-state index contributed by atoms with van der Waals surface area (Å²) in [7, 11) is 2.26. The highest BCUT2D eigenvalue weighted by molar-refractivity contribution is 5.81. The van der Waals surface area contributed by atoms with Crippen molar-refractivity contribution in [1.29, 1.82) is 0 Å². The van der Waals surface area contributed by atoms with Crippen molar-refractivity contribution >= 4 is 5.97 Å². The average molecular weight is 327 g/mol. The van der Waals surface area contributed by atoms with Gasteiger partial charge < -0.3 is 9.22 Å². The van der Waals surface area contributed by atoms with Gasteiger partial charge in [0.25, 0.3) is 0 Å². The first-order valence-corrected chi connectivity index (χ1v) is 9.70. The van der Waals surface area contributed by atoms with Crippen LogP contribution in [-0.4, -0.2) is 43.7 Å². The second-order valence-corrected chi connectivity index (χ2v) is 6.94. The van der Waals surface area contributed by atoms with E-state index >= 15 is 0 Å². The van der Waals surface area contributed by atoms with Gasteiger partial charge in [-0.1, -0.05) is 64.9 Å². The van der Waals surface area contributed by atoms with E-state index in [2.05, 4.69) is 27.5 Å². The third-order valence-electron chi connectivity index (χ3n) is 4.86. The van der Waals surface area contributed by atoms with Gasteiger partial charge in [0.2, 0.25) is 0 Å². The molecule has 0 rings (SSSR count). The first-order valence-electron chi connectivity index (χ1n) is 9.70. The van der Waals surface area contributed by atoms with Crippen LogP contribution in [0.3, 0.4) is 0 Å². The Bertz CT molecular complexity index is 304. The number of likely N-dealkylation sites (N-methyl/N-ethyl adjacent to an activating group) is 1. The highest BCUT2D eigenvalue weighted by Crippen LogP contribution is 2.12. The van der Waals surface area contributed by atoms with Crippen molar-refractivity contribution in [3.8, 4) is 0 Å². The Morgan fingerprint density at radius 2 is 1.43 bits per heavy atom. The lowest BCUT2D eigenvalue weighted by molar-refractivity contribution is -0.908. The molecule has 0 heterocycles. The summed E-state index contributed by atoms with van der Waals surface area (Å²) in [5.41, 5.74) is 0. The summed E-state index contributed by atoms with van der Waals surface area (Å²) in [4.78, 5) is 11.1. The molecule has 0 N–H and O–H groups in total. The molecule has 0 spiro atoms. The van der Waals surface area contributed by atoms with Gasteiger partial charge in [0.15, 0.2) is 0 Å². The topological polar surface area (TPSA) is 26.3 Å². The minimum absolute atomic E-state index is 0.313. The van der Waals surface area contributed by atoms with E-state index in [4.69, 9.17) is 4.74 Å². The number of quaternary nitrogens is 1. The normalized spacial score (nSPS) is 13.5. The Hall–Kier alpha value is -0.830. The summed E-state index contributed by atoms with van der Waals surface area (Å²) in [6.45, 7) is 11.6. The van der Waals surface area contributed by atoms with Crippen LogP contribution < -0.4 is 0 Å². The summed E-state index contributed by atoms with van der Waals surface area (Å²) in [6.07, 6.45) is 15.0. The molecule has 1 unspecified atom stereocenters. The number of ether oxygens (including phenoxy) is 1. The van der Waals surface area contributed by atoms with E-state index in [-0.39, 0.29) is 5.97 Å². The van der Waals surface area contributed by atoms with Crippen molar-refractivity contribution in [3.05, 3.63) is 12.7 Å². The van der Waals surface area contributed by atoms with Crippen LogP contribution in [0.15, 0.2) is 12.7 Å². The number of hydrogen-bond donors (Lipinski definition) is 0. The Morgan fingerprint density at radius 3 is 1.91 bits per heavy atom. The van der Waals surface area contributed by atoms with E-state index < -0.39 is 0 Å². The van der Waals surface area contributed by atoms with E-state index in [1.54, 1.807) is 0 Å². The van der Waals surface area contributed by atoms with Gasteiger partial charge in [-0.15, -0.1) is 0 Å². The van der Waals surface area contributed by atoms with Gasteiger partial charge in [-0.2, -0.15) is 0 Å². The molecule has 3 nitrogen and oxygen atoms in total. The summed E-state index contributed by atoms with van der Waals surface area (Å²) in [5, 5.41) is 0. The van der Waals surface area contributed by atoms with Gasteiger partial charge in [0.1, 0.15) is 13.2 Å². The van der Waals surface area contributed by atoms with E-state index in [1.807, 2.05) is 0 Å². The molecule has 1 atom stereocenters. The number of unbranched alkanes of at least 4 members (excludes halogenated alkanes) is 9. The fourth-order valence-corrected chi connectivity index (χ4v) is 2.83. The molecule has 0 radical (unpaired) electrons. The Balaban J connectivity index is 3.58. The van der Waals surface area contributed by atoms with Crippen LogP contribution in [0.2, 0.25) is 0 Å². The van der Waals surface area contributed by atoms with Gasteiger partial charge >= 0.3 is 5.97 Å². The molecule has 0 aromatic rings. The predicted octanol–water partition coefficient (Wildman–Crippen LogP) is 5.10. The van der Waals surface area contributed by atoms with Crippen molar-refractivity contribution < 1.29 is 14.0 Å². The molecule has 23 heavy (non-hydrogen) atoms. The lowest BCUT2D eigenvalue weighted by Gasteiger charge is -2.33. The van der Waals surface area contributed by atoms with Gasteiger partial charge in [0.05, 0.1) is 20.1 Å². The standard InChI is InChI=1S/C20H40NO2/c1-5-8-9-10-11-12-13-14-15-16-17-21(4,7-3)18-19-23-20(22)6-2/h6H,2,5,7-19H2,1,3-4H3/q+1. The minimum atomic E-state index is -0.313. The first-order chi connectivity index (χ1) is 11.1. The second-order valence-electron chi connectivity index (χ2n) is 6.94. The molecule has 0 amide bonds. The molecule has 136 valence electrons. The molecule has 0 saturated carbocycles. The summed E-state index contributed by atoms with van der Waals surface area (Å²) in [6, 6.07) is 0. The molecule has 0 saturated heterocycles. The highest BCUT2D eigenvalue weighted by atomic mass is 16.5. The zero-order valence-electron chi connectivity index (χ0n) is 15.9. The molecule has 3 heteroatoms. The average Bonchev–Trinajstić information content (AvgIpc) is 2.56. The van der Waals surface area contributed by atoms with E-state index in [0.717, 1.165) is 17.6 Å². The van der Waals surface area contributed by atoms with Crippen LogP contribution in [0.1, 0.15) is 78.1 Å². The van der Waals surface area contributed by atoms with Gasteiger partial charge in [-0.25, -0.2) is 4.79 Å². The summed E-state index contributed by atoms with van der Waals surface area (Å²) >= 11 is 0. The second kappa shape index (κ2) is 14.7. The number of rotatable bonds is 16. The molecule has 0 fully saturated rings. The van der Waals surface area contributed by atoms with Crippen LogP contribution in [-0.2, 0) is 9.53 Å². The first kappa shape index (κ1) is 22.2. The Labute approximate surface area is 144 Å². The van der Waals surface area contributed by atoms with Crippen molar-refractivity contribution in [2.75, 3.05) is 33.3 Å². The molecule has 0 bridgehead atoms. The van der Waals surface area contributed by atoms with Gasteiger partial charge in [-0.05, 0) is 19.8 Å². The monoisotopic (exact) mass is 326 g/mol. The lowest BCUT2D eigenvalue weighted by Crippen LogP contribution is -2.47. The third kappa shape index (κ3) is 13.3. The quantitative estimate of drug-likeness (QED) is 0.171. The summed E-state index contributed by atoms with van der Waals surface area (Å²) < 4.78 is 6.10. The lowest BCUT2D eigenvalue weighted by atomic mass is 10.1. The maximum absolute atomic E-state index is 11.1. The molecular weight excluding hydrogens is 286 g/mol. The van der Waals surface area contributed by atoms with Crippen LogP contribution in [0.5, 0.6) is 0 Å². The maximum Gasteiger partial charge on any atom is 0.330 e. The molecule has 0 aromatic heterocycles. The van der Waals surface area contributed by atoms with Gasteiger partial charge in [0, 0.05) is 6.08 Å². The zero-order chi connectivity index (χ0) is 17.4. The number of hydrogen-bond acceptors (Lipinski definition) is 2. The SMILES string of the molecule is C=CC(=O)OCC[N+](C)(CC)CCCCCCCCCCCC. The van der Waals surface area contributed by atoms with Crippen molar-refractivity contribution in [2.24, 2.45) is 0 Å². The van der Waals surface area contributed by atoms with Crippen molar-refractivity contribution in [3.63, 3.8) is 0 Å². The number of nitrogens with zero attached hydrogens (tertiary/aromatic N) is 1. The summed E-state index contributed by atoms with van der Waals surface area (Å²) in [5.74, 6) is -0.313. The van der Waals surface area contributed by atoms with Crippen LogP contribution in [0.25, 0.3) is 0 Å². The molecule has 0 aliphatic carbocycles. The van der Waals surface area contributed by atoms with E-state index in [0.29, 0.717) is 6.61 Å². The fourth-order valence-electron chi connectivity index (χ4n) is 2.83. The Kier molecular flexibility index (Phi) is 14.2. The fraction of sp³-hybridized carbons (Fsp3) is 0.850. The minimum Gasteiger partial charge on any atom is -0.457 e. The van der Waals surface area contributed by atoms with Crippen LogP contribution >= 0.6 is 0 Å². The van der Waals surface area contributed by atoms with Crippen LogP contribution in [0, 0.1) is 0 Å². The maximum atomic E-state index is 11.1. The largest absolute Gasteiger partial charge is 0.457 e. The van der Waals surface area contributed by atoms with Crippen molar-refractivity contribution in [2.45, 2.75) is 78.1 Å².